The van der Waals surface area contributed by atoms with E-state index in [1.165, 1.54) is 0 Å². The highest BCUT2D eigenvalue weighted by atomic mass is 16.5. The molecule has 0 bridgehead atoms. The number of rotatable bonds is 8. The van der Waals surface area contributed by atoms with Gasteiger partial charge >= 0.3 is 0 Å². The van der Waals surface area contributed by atoms with Crippen LogP contribution in [-0.2, 0) is 4.74 Å². The van der Waals surface area contributed by atoms with Gasteiger partial charge in [0, 0.05) is 12.1 Å². The SMILES string of the molecule is CCNC(C)(CO)CCCCOC(C)(C)C. The van der Waals surface area contributed by atoms with Gasteiger partial charge in [0.1, 0.15) is 0 Å². The van der Waals surface area contributed by atoms with E-state index in [0.29, 0.717) is 0 Å². The molecular formula is C13H29NO2. The van der Waals surface area contributed by atoms with Gasteiger partial charge in [-0.15, -0.1) is 0 Å². The number of unbranched alkanes of at least 4 members (excludes halogenated alkanes) is 1. The van der Waals surface area contributed by atoms with E-state index >= 15 is 0 Å². The quantitative estimate of drug-likeness (QED) is 0.630. The standard InChI is InChI=1S/C13H29NO2/c1-6-14-13(5,11-15)9-7-8-10-16-12(2,3)4/h14-15H,6-11H2,1-5H3. The third-order valence-corrected chi connectivity index (χ3v) is 2.61. The van der Waals surface area contributed by atoms with Crippen molar-refractivity contribution in [3.8, 4) is 0 Å². The lowest BCUT2D eigenvalue weighted by Gasteiger charge is -2.28. The number of hydrogen-bond donors (Lipinski definition) is 2. The molecule has 0 aromatic heterocycles. The number of nitrogens with one attached hydrogen (secondary N) is 1. The lowest BCUT2D eigenvalue weighted by atomic mass is 9.96. The summed E-state index contributed by atoms with van der Waals surface area (Å²) in [5.41, 5.74) is -0.168. The summed E-state index contributed by atoms with van der Waals surface area (Å²) < 4.78 is 5.65. The average molecular weight is 231 g/mol. The van der Waals surface area contributed by atoms with Crippen LogP contribution >= 0.6 is 0 Å². The molecule has 0 aromatic carbocycles. The molecule has 0 spiro atoms. The molecule has 0 heterocycles. The molecule has 1 unspecified atom stereocenters. The van der Waals surface area contributed by atoms with Crippen molar-refractivity contribution < 1.29 is 9.84 Å². The second kappa shape index (κ2) is 7.25. The third kappa shape index (κ3) is 8.08. The van der Waals surface area contributed by atoms with Crippen molar-refractivity contribution in [3.05, 3.63) is 0 Å². The second-order valence-electron chi connectivity index (χ2n) is 5.67. The summed E-state index contributed by atoms with van der Waals surface area (Å²) in [6.07, 6.45) is 3.13. The molecule has 98 valence electrons. The Labute approximate surface area is 101 Å². The van der Waals surface area contributed by atoms with Crippen LogP contribution < -0.4 is 5.32 Å². The Morgan fingerprint density at radius 3 is 2.19 bits per heavy atom. The van der Waals surface area contributed by atoms with Crippen LogP contribution in [0.1, 0.15) is 53.9 Å². The van der Waals surface area contributed by atoms with Gasteiger partial charge in [-0.05, 0) is 53.5 Å². The third-order valence-electron chi connectivity index (χ3n) is 2.61. The predicted octanol–water partition coefficient (Wildman–Crippen LogP) is 2.33. The zero-order valence-corrected chi connectivity index (χ0v) is 11.6. The van der Waals surface area contributed by atoms with E-state index in [1.807, 2.05) is 0 Å². The van der Waals surface area contributed by atoms with Gasteiger partial charge in [0.05, 0.1) is 12.2 Å². The summed E-state index contributed by atoms with van der Waals surface area (Å²) in [5.74, 6) is 0. The normalized spacial score (nSPS) is 16.1. The fourth-order valence-corrected chi connectivity index (χ4v) is 1.65. The number of likely N-dealkylation sites (N-methyl/N-ethyl adjacent to an activating group) is 1. The molecule has 16 heavy (non-hydrogen) atoms. The summed E-state index contributed by atoms with van der Waals surface area (Å²) in [6, 6.07) is 0. The van der Waals surface area contributed by atoms with E-state index in [4.69, 9.17) is 4.74 Å². The summed E-state index contributed by atoms with van der Waals surface area (Å²) in [4.78, 5) is 0. The molecule has 0 aromatic rings. The van der Waals surface area contributed by atoms with E-state index < -0.39 is 0 Å². The predicted molar refractivity (Wildman–Crippen MR) is 68.7 cm³/mol. The maximum atomic E-state index is 9.31. The van der Waals surface area contributed by atoms with Crippen molar-refractivity contribution in [3.63, 3.8) is 0 Å². The molecular weight excluding hydrogens is 202 g/mol. The highest BCUT2D eigenvalue weighted by Crippen LogP contribution is 2.14. The summed E-state index contributed by atoms with van der Waals surface area (Å²) in [6.45, 7) is 12.3. The van der Waals surface area contributed by atoms with Gasteiger partial charge in [-0.25, -0.2) is 0 Å². The molecule has 0 saturated carbocycles. The molecule has 3 heteroatoms. The zero-order chi connectivity index (χ0) is 12.7. The Morgan fingerprint density at radius 2 is 1.75 bits per heavy atom. The number of ether oxygens (including phenoxy) is 1. The van der Waals surface area contributed by atoms with Crippen LogP contribution in [0.25, 0.3) is 0 Å². The number of aliphatic hydroxyl groups excluding tert-OH is 1. The van der Waals surface area contributed by atoms with E-state index in [1.54, 1.807) is 0 Å². The molecule has 2 N–H and O–H groups in total. The molecule has 0 radical (unpaired) electrons. The van der Waals surface area contributed by atoms with Crippen molar-refractivity contribution in [1.82, 2.24) is 5.32 Å². The largest absolute Gasteiger partial charge is 0.394 e. The highest BCUT2D eigenvalue weighted by molar-refractivity contribution is 4.81. The number of hydrogen-bond acceptors (Lipinski definition) is 3. The van der Waals surface area contributed by atoms with Gasteiger partial charge in [0.25, 0.3) is 0 Å². The van der Waals surface area contributed by atoms with Crippen molar-refractivity contribution in [2.75, 3.05) is 19.8 Å². The van der Waals surface area contributed by atoms with E-state index in [-0.39, 0.29) is 17.7 Å². The van der Waals surface area contributed by atoms with Crippen LogP contribution in [0.15, 0.2) is 0 Å². The Hall–Kier alpha value is -0.120. The zero-order valence-electron chi connectivity index (χ0n) is 11.6. The topological polar surface area (TPSA) is 41.5 Å². The smallest absolute Gasteiger partial charge is 0.0610 e. The van der Waals surface area contributed by atoms with Crippen LogP contribution in [0.5, 0.6) is 0 Å². The summed E-state index contributed by atoms with van der Waals surface area (Å²) >= 11 is 0. The van der Waals surface area contributed by atoms with Gasteiger partial charge in [-0.1, -0.05) is 6.92 Å². The molecule has 0 aliphatic rings. The van der Waals surface area contributed by atoms with E-state index in [0.717, 1.165) is 32.4 Å². The first-order valence-corrected chi connectivity index (χ1v) is 6.33. The molecule has 3 nitrogen and oxygen atoms in total. The lowest BCUT2D eigenvalue weighted by molar-refractivity contribution is -0.00555. The fourth-order valence-electron chi connectivity index (χ4n) is 1.65. The fraction of sp³-hybridized carbons (Fsp3) is 1.00. The highest BCUT2D eigenvalue weighted by Gasteiger charge is 2.20. The van der Waals surface area contributed by atoms with Crippen LogP contribution in [0, 0.1) is 0 Å². The minimum atomic E-state index is -0.128. The van der Waals surface area contributed by atoms with Crippen molar-refractivity contribution in [2.24, 2.45) is 0 Å². The van der Waals surface area contributed by atoms with E-state index in [2.05, 4.69) is 39.9 Å². The van der Waals surface area contributed by atoms with Gasteiger partial charge in [0.2, 0.25) is 0 Å². The van der Waals surface area contributed by atoms with Gasteiger partial charge in [-0.2, -0.15) is 0 Å². The van der Waals surface area contributed by atoms with Crippen molar-refractivity contribution in [2.45, 2.75) is 65.0 Å². The van der Waals surface area contributed by atoms with Crippen molar-refractivity contribution in [1.29, 1.82) is 0 Å². The molecule has 0 amide bonds. The van der Waals surface area contributed by atoms with Crippen LogP contribution in [0.4, 0.5) is 0 Å². The Morgan fingerprint density at radius 1 is 1.12 bits per heavy atom. The Balaban J connectivity index is 3.64. The molecule has 0 aliphatic carbocycles. The minimum Gasteiger partial charge on any atom is -0.394 e. The minimum absolute atomic E-state index is 0.0397. The van der Waals surface area contributed by atoms with Crippen LogP contribution in [0.3, 0.4) is 0 Å². The molecule has 0 aliphatic heterocycles. The monoisotopic (exact) mass is 231 g/mol. The van der Waals surface area contributed by atoms with E-state index in [9.17, 15) is 5.11 Å². The molecule has 1 atom stereocenters. The first-order chi connectivity index (χ1) is 7.33. The second-order valence-corrected chi connectivity index (χ2v) is 5.67. The van der Waals surface area contributed by atoms with Gasteiger partial charge < -0.3 is 15.2 Å². The van der Waals surface area contributed by atoms with Gasteiger partial charge in [-0.3, -0.25) is 0 Å². The lowest BCUT2D eigenvalue weighted by Crippen LogP contribution is -2.45. The number of aliphatic hydroxyl groups is 1. The summed E-state index contributed by atoms with van der Waals surface area (Å²) in [5, 5.41) is 12.6. The first kappa shape index (κ1) is 15.9. The molecule has 0 fully saturated rings. The van der Waals surface area contributed by atoms with Crippen molar-refractivity contribution >= 4 is 0 Å². The first-order valence-electron chi connectivity index (χ1n) is 6.33. The van der Waals surface area contributed by atoms with Crippen LogP contribution in [0.2, 0.25) is 0 Å². The Bertz CT molecular complexity index is 177. The average Bonchev–Trinajstić information content (AvgIpc) is 2.16. The molecule has 0 saturated heterocycles. The molecule has 0 rings (SSSR count). The maximum absolute atomic E-state index is 9.31. The Kier molecular flexibility index (Phi) is 7.20. The summed E-state index contributed by atoms with van der Waals surface area (Å²) in [7, 11) is 0. The van der Waals surface area contributed by atoms with Crippen LogP contribution in [-0.4, -0.2) is 36.0 Å². The van der Waals surface area contributed by atoms with Gasteiger partial charge in [0.15, 0.2) is 0 Å². The maximum Gasteiger partial charge on any atom is 0.0610 e.